The number of esters is 1. The van der Waals surface area contributed by atoms with E-state index in [2.05, 4.69) is 0 Å². The Bertz CT molecular complexity index is 1270. The van der Waals surface area contributed by atoms with Crippen LogP contribution in [0, 0.1) is 6.92 Å². The van der Waals surface area contributed by atoms with Gasteiger partial charge in [-0.15, -0.1) is 0 Å². The summed E-state index contributed by atoms with van der Waals surface area (Å²) in [6.07, 6.45) is 2.17. The van der Waals surface area contributed by atoms with E-state index in [-0.39, 0.29) is 36.4 Å². The molecule has 8 heteroatoms. The number of benzene rings is 2. The topological polar surface area (TPSA) is 84.0 Å². The Hall–Kier alpha value is -3.13. The predicted octanol–water partition coefficient (Wildman–Crippen LogP) is 4.31. The maximum atomic E-state index is 13.9. The molecule has 0 aliphatic carbocycles. The van der Waals surface area contributed by atoms with Crippen molar-refractivity contribution in [2.75, 3.05) is 18.1 Å². The number of para-hydroxylation sites is 1. The highest BCUT2D eigenvalue weighted by Crippen LogP contribution is 2.49. The fourth-order valence-corrected chi connectivity index (χ4v) is 6.57. The van der Waals surface area contributed by atoms with Crippen LogP contribution >= 0.6 is 0 Å². The van der Waals surface area contributed by atoms with E-state index in [0.717, 1.165) is 16.8 Å². The minimum atomic E-state index is -3.95. The molecule has 0 radical (unpaired) electrons. The zero-order valence-corrected chi connectivity index (χ0v) is 21.5. The Morgan fingerprint density at radius 3 is 2.46 bits per heavy atom. The lowest BCUT2D eigenvalue weighted by Gasteiger charge is -2.30. The van der Waals surface area contributed by atoms with Gasteiger partial charge in [-0.05, 0) is 64.3 Å². The van der Waals surface area contributed by atoms with Crippen molar-refractivity contribution in [3.63, 3.8) is 0 Å². The third-order valence-corrected chi connectivity index (χ3v) is 8.68. The summed E-state index contributed by atoms with van der Waals surface area (Å²) in [5.41, 5.74) is 2.16. The van der Waals surface area contributed by atoms with Gasteiger partial charge in [-0.25, -0.2) is 8.42 Å². The Morgan fingerprint density at radius 2 is 1.80 bits per heavy atom. The maximum Gasteiger partial charge on any atom is 0.311 e. The van der Waals surface area contributed by atoms with Crippen LogP contribution in [0.25, 0.3) is 0 Å². The number of carbonyl (C=O) groups excluding carboxylic acids is 2. The molecule has 0 fully saturated rings. The Kier molecular flexibility index (Phi) is 6.77. The van der Waals surface area contributed by atoms with E-state index in [9.17, 15) is 18.0 Å². The number of carbonyl (C=O) groups is 2. The highest BCUT2D eigenvalue weighted by Gasteiger charge is 2.52. The second-order valence-electron chi connectivity index (χ2n) is 9.39. The van der Waals surface area contributed by atoms with Crippen molar-refractivity contribution in [3.05, 3.63) is 71.4 Å². The average Bonchev–Trinajstić information content (AvgIpc) is 2.92. The smallest absolute Gasteiger partial charge is 0.311 e. The molecule has 35 heavy (non-hydrogen) atoms. The summed E-state index contributed by atoms with van der Waals surface area (Å²) < 4.78 is 33.9. The number of hydrogen-bond acceptors (Lipinski definition) is 5. The van der Waals surface area contributed by atoms with Gasteiger partial charge in [-0.2, -0.15) is 0 Å². The number of anilines is 1. The first-order chi connectivity index (χ1) is 16.6. The molecule has 2 aromatic carbocycles. The average molecular weight is 497 g/mol. The molecule has 4 rings (SSSR count). The molecule has 0 saturated heterocycles. The summed E-state index contributed by atoms with van der Waals surface area (Å²) in [5, 5.41) is 0. The van der Waals surface area contributed by atoms with E-state index in [0.29, 0.717) is 18.5 Å². The van der Waals surface area contributed by atoms with Crippen LogP contribution in [0.15, 0.2) is 65.2 Å². The van der Waals surface area contributed by atoms with Crippen molar-refractivity contribution in [1.82, 2.24) is 4.31 Å². The van der Waals surface area contributed by atoms with E-state index >= 15 is 0 Å². The molecule has 0 saturated carbocycles. The molecule has 0 aromatic heterocycles. The summed E-state index contributed by atoms with van der Waals surface area (Å²) in [4.78, 5) is 28.3. The van der Waals surface area contributed by atoms with Crippen molar-refractivity contribution in [2.24, 2.45) is 0 Å². The maximum absolute atomic E-state index is 13.9. The van der Waals surface area contributed by atoms with Gasteiger partial charge in [0.25, 0.3) is 10.0 Å². The number of nitrogens with zero attached hydrogens (tertiary/aromatic N) is 2. The lowest BCUT2D eigenvalue weighted by atomic mass is 9.76. The lowest BCUT2D eigenvalue weighted by Crippen LogP contribution is -2.44. The van der Waals surface area contributed by atoms with Crippen LogP contribution < -0.4 is 4.90 Å². The second-order valence-corrected chi connectivity index (χ2v) is 11.3. The van der Waals surface area contributed by atoms with Gasteiger partial charge in [-0.1, -0.05) is 42.0 Å². The van der Waals surface area contributed by atoms with Gasteiger partial charge in [-0.3, -0.25) is 13.9 Å². The van der Waals surface area contributed by atoms with Gasteiger partial charge in [0.15, 0.2) is 0 Å². The van der Waals surface area contributed by atoms with Crippen molar-refractivity contribution < 1.29 is 22.7 Å². The van der Waals surface area contributed by atoms with Gasteiger partial charge < -0.3 is 9.64 Å². The molecule has 1 atom stereocenters. The lowest BCUT2D eigenvalue weighted by molar-refractivity contribution is -0.142. The highest BCUT2D eigenvalue weighted by atomic mass is 32.2. The molecule has 186 valence electrons. The minimum absolute atomic E-state index is 0.0324. The third kappa shape index (κ3) is 4.35. The quantitative estimate of drug-likeness (QED) is 0.557. The Balaban J connectivity index is 1.80. The highest BCUT2D eigenvalue weighted by molar-refractivity contribution is 7.89. The van der Waals surface area contributed by atoms with Crippen molar-refractivity contribution >= 4 is 27.6 Å². The van der Waals surface area contributed by atoms with Crippen LogP contribution in [0.5, 0.6) is 0 Å². The first-order valence-corrected chi connectivity index (χ1v) is 13.4. The van der Waals surface area contributed by atoms with Crippen LogP contribution in [0.1, 0.15) is 51.2 Å². The van der Waals surface area contributed by atoms with Crippen LogP contribution in [0.3, 0.4) is 0 Å². The number of fused-ring (bicyclic) bond motifs is 2. The zero-order chi connectivity index (χ0) is 25.4. The van der Waals surface area contributed by atoms with Gasteiger partial charge in [0.2, 0.25) is 5.91 Å². The number of ether oxygens (including phenoxy) is 1. The van der Waals surface area contributed by atoms with Crippen molar-refractivity contribution in [1.29, 1.82) is 0 Å². The summed E-state index contributed by atoms with van der Waals surface area (Å²) in [6.45, 7) is 7.83. The summed E-state index contributed by atoms with van der Waals surface area (Å²) in [6, 6.07) is 14.3. The van der Waals surface area contributed by atoms with Crippen molar-refractivity contribution in [3.8, 4) is 0 Å². The molecule has 2 aliphatic rings. The third-order valence-electron chi connectivity index (χ3n) is 6.81. The van der Waals surface area contributed by atoms with E-state index in [1.54, 1.807) is 42.2 Å². The number of rotatable bonds is 6. The van der Waals surface area contributed by atoms with E-state index in [1.165, 1.54) is 4.31 Å². The SMILES string of the molecule is CCOC(=O)CC1=CCC2(CCN1S(=O)(=O)c1ccc(C)cc1)C(=O)N(C(C)C)c1ccccc12. The fraction of sp³-hybridized carbons (Fsp3) is 0.407. The second kappa shape index (κ2) is 9.49. The summed E-state index contributed by atoms with van der Waals surface area (Å²) >= 11 is 0. The van der Waals surface area contributed by atoms with Gasteiger partial charge >= 0.3 is 5.97 Å². The number of amides is 1. The van der Waals surface area contributed by atoms with Crippen LogP contribution in [0.2, 0.25) is 0 Å². The first-order valence-electron chi connectivity index (χ1n) is 12.0. The molecule has 1 unspecified atom stereocenters. The largest absolute Gasteiger partial charge is 0.466 e. The van der Waals surface area contributed by atoms with Crippen LogP contribution in [-0.4, -0.2) is 43.8 Å². The number of allylic oxidation sites excluding steroid dienone is 1. The monoisotopic (exact) mass is 496 g/mol. The standard InChI is InChI=1S/C27H32N2O5S/c1-5-34-25(30)18-21-14-15-27(23-8-6-7-9-24(23)29(19(2)3)26(27)31)16-17-28(21)35(32,33)22-12-10-20(4)11-13-22/h6-14,19H,5,15-18H2,1-4H3. The molecular weight excluding hydrogens is 464 g/mol. The number of hydrogen-bond donors (Lipinski definition) is 0. The first kappa shape index (κ1) is 25.0. The fourth-order valence-electron chi connectivity index (χ4n) is 5.06. The van der Waals surface area contributed by atoms with Gasteiger partial charge in [0, 0.05) is 24.0 Å². The molecule has 1 amide bonds. The molecule has 0 bridgehead atoms. The molecule has 0 N–H and O–H groups in total. The summed E-state index contributed by atoms with van der Waals surface area (Å²) in [7, 11) is -3.95. The van der Waals surface area contributed by atoms with Crippen LogP contribution in [-0.2, 0) is 29.8 Å². The van der Waals surface area contributed by atoms with Crippen LogP contribution in [0.4, 0.5) is 5.69 Å². The Labute approximate surface area is 207 Å². The minimum Gasteiger partial charge on any atom is -0.466 e. The van der Waals surface area contributed by atoms with E-state index < -0.39 is 21.4 Å². The number of aryl methyl sites for hydroxylation is 1. The van der Waals surface area contributed by atoms with E-state index in [1.807, 2.05) is 45.0 Å². The summed E-state index contributed by atoms with van der Waals surface area (Å²) in [5.74, 6) is -0.532. The molecule has 7 nitrogen and oxygen atoms in total. The molecule has 2 heterocycles. The normalized spacial score (nSPS) is 20.1. The molecule has 2 aromatic rings. The van der Waals surface area contributed by atoms with Crippen molar-refractivity contribution in [2.45, 2.75) is 63.3 Å². The van der Waals surface area contributed by atoms with Gasteiger partial charge in [0.1, 0.15) is 0 Å². The molecular formula is C27H32N2O5S. The number of sulfonamides is 1. The molecule has 2 aliphatic heterocycles. The Morgan fingerprint density at radius 1 is 1.11 bits per heavy atom. The van der Waals surface area contributed by atoms with Gasteiger partial charge in [0.05, 0.1) is 23.3 Å². The van der Waals surface area contributed by atoms with E-state index in [4.69, 9.17) is 4.74 Å². The zero-order valence-electron chi connectivity index (χ0n) is 20.7. The molecule has 1 spiro atoms. The predicted molar refractivity (Wildman–Crippen MR) is 134 cm³/mol.